The first kappa shape index (κ1) is 13.6. The third kappa shape index (κ3) is 4.73. The number of imide groups is 1. The highest BCUT2D eigenvalue weighted by Gasteiger charge is 2.41. The minimum Gasteiger partial charge on any atom is -0.478 e. The van der Waals surface area contributed by atoms with Crippen LogP contribution in [0.4, 0.5) is 4.79 Å². The van der Waals surface area contributed by atoms with Crippen LogP contribution >= 0.6 is 0 Å². The molecule has 6 nitrogen and oxygen atoms in total. The van der Waals surface area contributed by atoms with E-state index in [9.17, 15) is 14.4 Å². The Balaban J connectivity index is 1.68. The van der Waals surface area contributed by atoms with Gasteiger partial charge >= 0.3 is 12.0 Å². The van der Waals surface area contributed by atoms with Crippen LogP contribution in [0.15, 0.2) is 12.2 Å². The zero-order valence-corrected chi connectivity index (χ0v) is 10.6. The molecule has 0 aliphatic heterocycles. The van der Waals surface area contributed by atoms with Gasteiger partial charge in [0.2, 0.25) is 0 Å². The number of urea groups is 1. The maximum Gasteiger partial charge on any atom is 0.328 e. The molecule has 3 N–H and O–H groups in total. The SMILES string of the molecule is O=C(O)C=CC(=O)NC(=O)NCC(C1CC1)C1CC1. The summed E-state index contributed by atoms with van der Waals surface area (Å²) in [7, 11) is 0. The predicted octanol–water partition coefficient (Wildman–Crippen LogP) is 0.889. The summed E-state index contributed by atoms with van der Waals surface area (Å²) in [5, 5.41) is 13.1. The van der Waals surface area contributed by atoms with Gasteiger partial charge in [0, 0.05) is 18.7 Å². The monoisotopic (exact) mass is 266 g/mol. The number of amides is 3. The van der Waals surface area contributed by atoms with Crippen molar-refractivity contribution in [3.05, 3.63) is 12.2 Å². The molecule has 0 saturated heterocycles. The van der Waals surface area contributed by atoms with Crippen LogP contribution in [0.1, 0.15) is 25.7 Å². The summed E-state index contributed by atoms with van der Waals surface area (Å²) >= 11 is 0. The number of hydrogen-bond acceptors (Lipinski definition) is 3. The number of carbonyl (C=O) groups excluding carboxylic acids is 2. The molecule has 0 bridgehead atoms. The molecule has 2 aliphatic rings. The van der Waals surface area contributed by atoms with Crippen LogP contribution in [0.3, 0.4) is 0 Å². The van der Waals surface area contributed by atoms with Gasteiger partial charge in [0.05, 0.1) is 0 Å². The van der Waals surface area contributed by atoms with E-state index in [-0.39, 0.29) is 0 Å². The molecular formula is C13H18N2O4. The molecule has 2 aliphatic carbocycles. The molecular weight excluding hydrogens is 248 g/mol. The number of rotatable bonds is 6. The van der Waals surface area contributed by atoms with E-state index in [0.717, 1.165) is 17.9 Å². The molecule has 0 aromatic carbocycles. The van der Waals surface area contributed by atoms with Gasteiger partial charge < -0.3 is 10.4 Å². The fraction of sp³-hybridized carbons (Fsp3) is 0.615. The summed E-state index contributed by atoms with van der Waals surface area (Å²) in [5.74, 6) is 0.0496. The molecule has 0 aromatic rings. The number of hydrogen-bond donors (Lipinski definition) is 3. The molecule has 2 fully saturated rings. The average Bonchev–Trinajstić information content (AvgIpc) is 3.19. The van der Waals surface area contributed by atoms with Crippen molar-refractivity contribution in [3.8, 4) is 0 Å². The molecule has 0 atom stereocenters. The van der Waals surface area contributed by atoms with E-state index >= 15 is 0 Å². The third-order valence-corrected chi connectivity index (χ3v) is 3.57. The Labute approximate surface area is 111 Å². The highest BCUT2D eigenvalue weighted by Crippen LogP contribution is 2.48. The molecule has 0 heterocycles. The number of carbonyl (C=O) groups is 3. The van der Waals surface area contributed by atoms with E-state index in [0.29, 0.717) is 18.5 Å². The number of nitrogens with one attached hydrogen (secondary N) is 2. The lowest BCUT2D eigenvalue weighted by Gasteiger charge is -2.15. The van der Waals surface area contributed by atoms with Crippen LogP contribution in [-0.2, 0) is 9.59 Å². The smallest absolute Gasteiger partial charge is 0.328 e. The van der Waals surface area contributed by atoms with Gasteiger partial charge in [-0.2, -0.15) is 0 Å². The van der Waals surface area contributed by atoms with Gasteiger partial charge in [-0.05, 0) is 43.4 Å². The van der Waals surface area contributed by atoms with Gasteiger partial charge in [0.1, 0.15) is 0 Å². The van der Waals surface area contributed by atoms with Crippen molar-refractivity contribution in [1.29, 1.82) is 0 Å². The Hall–Kier alpha value is -1.85. The minimum absolute atomic E-state index is 0.537. The zero-order valence-electron chi connectivity index (χ0n) is 10.6. The van der Waals surface area contributed by atoms with Crippen molar-refractivity contribution in [2.45, 2.75) is 25.7 Å². The lowest BCUT2D eigenvalue weighted by atomic mass is 9.98. The average molecular weight is 266 g/mol. The number of carboxylic acid groups (broad SMARTS) is 1. The van der Waals surface area contributed by atoms with Crippen molar-refractivity contribution in [1.82, 2.24) is 10.6 Å². The summed E-state index contributed by atoms with van der Waals surface area (Å²) < 4.78 is 0. The largest absolute Gasteiger partial charge is 0.478 e. The third-order valence-electron chi connectivity index (χ3n) is 3.57. The summed E-state index contributed by atoms with van der Waals surface area (Å²) in [5.41, 5.74) is 0. The summed E-state index contributed by atoms with van der Waals surface area (Å²) in [4.78, 5) is 32.8. The van der Waals surface area contributed by atoms with E-state index in [1.54, 1.807) is 0 Å². The van der Waals surface area contributed by atoms with E-state index in [1.165, 1.54) is 25.7 Å². The van der Waals surface area contributed by atoms with Crippen molar-refractivity contribution >= 4 is 17.9 Å². The summed E-state index contributed by atoms with van der Waals surface area (Å²) in [6.07, 6.45) is 6.48. The maximum absolute atomic E-state index is 11.5. The first-order valence-corrected chi connectivity index (χ1v) is 6.56. The molecule has 2 rings (SSSR count). The lowest BCUT2D eigenvalue weighted by Crippen LogP contribution is -2.41. The lowest BCUT2D eigenvalue weighted by molar-refractivity contribution is -0.131. The summed E-state index contributed by atoms with van der Waals surface area (Å²) in [6, 6.07) is -0.564. The predicted molar refractivity (Wildman–Crippen MR) is 67.3 cm³/mol. The normalized spacial score (nSPS) is 18.6. The molecule has 2 saturated carbocycles. The Morgan fingerprint density at radius 1 is 1.11 bits per heavy atom. The van der Waals surface area contributed by atoms with Crippen molar-refractivity contribution in [2.75, 3.05) is 6.54 Å². The molecule has 6 heteroatoms. The second-order valence-corrected chi connectivity index (χ2v) is 5.21. The van der Waals surface area contributed by atoms with Crippen LogP contribution in [0.2, 0.25) is 0 Å². The fourth-order valence-corrected chi connectivity index (χ4v) is 2.32. The molecule has 0 radical (unpaired) electrons. The Bertz CT molecular complexity index is 399. The van der Waals surface area contributed by atoms with Gasteiger partial charge in [-0.15, -0.1) is 0 Å². The summed E-state index contributed by atoms with van der Waals surface area (Å²) in [6.45, 7) is 0.594. The van der Waals surface area contributed by atoms with Gasteiger partial charge in [0.25, 0.3) is 5.91 Å². The van der Waals surface area contributed by atoms with Crippen molar-refractivity contribution < 1.29 is 19.5 Å². The van der Waals surface area contributed by atoms with Crippen LogP contribution < -0.4 is 10.6 Å². The van der Waals surface area contributed by atoms with E-state index in [2.05, 4.69) is 10.6 Å². The van der Waals surface area contributed by atoms with Gasteiger partial charge in [-0.3, -0.25) is 10.1 Å². The van der Waals surface area contributed by atoms with Crippen LogP contribution in [-0.4, -0.2) is 29.6 Å². The van der Waals surface area contributed by atoms with Gasteiger partial charge in [-0.25, -0.2) is 9.59 Å². The standard InChI is InChI=1S/C13H18N2O4/c16-11(5-6-12(17)18)15-13(19)14-7-10(8-1-2-8)9-3-4-9/h5-6,8-10H,1-4,7H2,(H,17,18)(H2,14,15,16,19). The molecule has 0 spiro atoms. The first-order valence-electron chi connectivity index (χ1n) is 6.56. The van der Waals surface area contributed by atoms with Crippen LogP contribution in [0.25, 0.3) is 0 Å². The molecule has 3 amide bonds. The molecule has 19 heavy (non-hydrogen) atoms. The number of carboxylic acids is 1. The second kappa shape index (κ2) is 5.86. The highest BCUT2D eigenvalue weighted by atomic mass is 16.4. The Morgan fingerprint density at radius 3 is 2.16 bits per heavy atom. The topological polar surface area (TPSA) is 95.5 Å². The fourth-order valence-electron chi connectivity index (χ4n) is 2.32. The minimum atomic E-state index is -1.22. The first-order chi connectivity index (χ1) is 9.06. The van der Waals surface area contributed by atoms with Gasteiger partial charge in [0.15, 0.2) is 0 Å². The maximum atomic E-state index is 11.5. The van der Waals surface area contributed by atoms with E-state index < -0.39 is 17.9 Å². The van der Waals surface area contributed by atoms with E-state index in [1.807, 2.05) is 0 Å². The van der Waals surface area contributed by atoms with Crippen LogP contribution in [0.5, 0.6) is 0 Å². The van der Waals surface area contributed by atoms with Gasteiger partial charge in [-0.1, -0.05) is 0 Å². The number of aliphatic carboxylic acids is 1. The molecule has 104 valence electrons. The van der Waals surface area contributed by atoms with E-state index in [4.69, 9.17) is 5.11 Å². The molecule has 0 unspecified atom stereocenters. The zero-order chi connectivity index (χ0) is 13.8. The Kier molecular flexibility index (Phi) is 4.19. The Morgan fingerprint density at radius 2 is 1.68 bits per heavy atom. The molecule has 0 aromatic heterocycles. The highest BCUT2D eigenvalue weighted by molar-refractivity contribution is 6.02. The quantitative estimate of drug-likeness (QED) is 0.622. The van der Waals surface area contributed by atoms with Crippen LogP contribution in [0, 0.1) is 17.8 Å². The van der Waals surface area contributed by atoms with Crippen molar-refractivity contribution in [2.24, 2.45) is 17.8 Å². The van der Waals surface area contributed by atoms with Crippen molar-refractivity contribution in [3.63, 3.8) is 0 Å². The second-order valence-electron chi connectivity index (χ2n) is 5.21.